The van der Waals surface area contributed by atoms with Gasteiger partial charge >= 0.3 is 17.9 Å². The minimum absolute atomic E-state index is 0.0480. The van der Waals surface area contributed by atoms with Crippen molar-refractivity contribution in [2.75, 3.05) is 0 Å². The molecule has 0 spiro atoms. The molecule has 3 fully saturated rings. The molecule has 0 N–H and O–H groups in total. The first-order chi connectivity index (χ1) is 18.7. The van der Waals surface area contributed by atoms with Crippen molar-refractivity contribution in [3.8, 4) is 0 Å². The summed E-state index contributed by atoms with van der Waals surface area (Å²) in [5.74, 6) is 1.64. The highest BCUT2D eigenvalue weighted by molar-refractivity contribution is 5.67. The number of rotatable bonds is 8. The van der Waals surface area contributed by atoms with E-state index in [1.165, 1.54) is 44.8 Å². The third-order valence-electron chi connectivity index (χ3n) is 11.5. The first-order valence-corrected chi connectivity index (χ1v) is 15.6. The van der Waals surface area contributed by atoms with Crippen LogP contribution < -0.4 is 0 Å². The van der Waals surface area contributed by atoms with Crippen molar-refractivity contribution in [3.05, 3.63) is 23.8 Å². The number of carbonyl (C=O) groups excluding carboxylic acids is 3. The van der Waals surface area contributed by atoms with Crippen molar-refractivity contribution in [1.82, 2.24) is 0 Å². The molecule has 6 heteroatoms. The largest absolute Gasteiger partial charge is 0.462 e. The van der Waals surface area contributed by atoms with Gasteiger partial charge in [-0.2, -0.15) is 0 Å². The summed E-state index contributed by atoms with van der Waals surface area (Å²) in [6.45, 7) is 20.2. The Morgan fingerprint density at radius 2 is 1.65 bits per heavy atom. The molecule has 0 aromatic rings. The molecule has 0 saturated heterocycles. The summed E-state index contributed by atoms with van der Waals surface area (Å²) >= 11 is 0. The summed E-state index contributed by atoms with van der Waals surface area (Å²) < 4.78 is 17.9. The van der Waals surface area contributed by atoms with Gasteiger partial charge in [-0.1, -0.05) is 58.4 Å². The Morgan fingerprint density at radius 3 is 2.25 bits per heavy atom. The molecule has 3 saturated carbocycles. The molecule has 40 heavy (non-hydrogen) atoms. The van der Waals surface area contributed by atoms with Gasteiger partial charge in [-0.05, 0) is 73.5 Å². The van der Waals surface area contributed by atoms with E-state index in [-0.39, 0.29) is 41.4 Å². The monoisotopic (exact) mass is 556 g/mol. The van der Waals surface area contributed by atoms with Crippen LogP contribution in [0.4, 0.5) is 0 Å². The van der Waals surface area contributed by atoms with Crippen LogP contribution >= 0.6 is 0 Å². The quantitative estimate of drug-likeness (QED) is 0.179. The van der Waals surface area contributed by atoms with Crippen molar-refractivity contribution < 1.29 is 28.6 Å². The van der Waals surface area contributed by atoms with Crippen LogP contribution in [0.25, 0.3) is 0 Å². The normalized spacial score (nSPS) is 39.2. The number of fused-ring (bicyclic) bond motifs is 5. The fourth-order valence-electron chi connectivity index (χ4n) is 9.64. The summed E-state index contributed by atoms with van der Waals surface area (Å²) in [5.41, 5.74) is 2.10. The lowest BCUT2D eigenvalue weighted by Crippen LogP contribution is -2.62. The molecule has 10 atom stereocenters. The minimum Gasteiger partial charge on any atom is -0.462 e. The van der Waals surface area contributed by atoms with E-state index in [1.54, 1.807) is 0 Å². The average molecular weight is 557 g/mol. The first kappa shape index (κ1) is 30.8. The molecule has 0 bridgehead atoms. The van der Waals surface area contributed by atoms with Crippen LogP contribution in [0.5, 0.6) is 0 Å². The van der Waals surface area contributed by atoms with Crippen molar-refractivity contribution >= 4 is 17.9 Å². The molecular weight excluding hydrogens is 504 g/mol. The van der Waals surface area contributed by atoms with E-state index in [0.29, 0.717) is 42.4 Å². The van der Waals surface area contributed by atoms with Crippen molar-refractivity contribution in [1.29, 1.82) is 0 Å². The van der Waals surface area contributed by atoms with Crippen LogP contribution in [-0.2, 0) is 28.6 Å². The lowest BCUT2D eigenvalue weighted by molar-refractivity contribution is -0.197. The number of hydrogen-bond donors (Lipinski definition) is 0. The minimum atomic E-state index is -0.481. The molecule has 4 rings (SSSR count). The maximum absolute atomic E-state index is 12.5. The molecule has 0 radical (unpaired) electrons. The zero-order valence-electron chi connectivity index (χ0n) is 26.1. The predicted octanol–water partition coefficient (Wildman–Crippen LogP) is 7.21. The molecule has 4 aliphatic rings. The molecule has 0 unspecified atom stereocenters. The molecule has 0 amide bonds. The van der Waals surface area contributed by atoms with Crippen LogP contribution in [0.1, 0.15) is 107 Å². The maximum atomic E-state index is 12.5. The fourth-order valence-corrected chi connectivity index (χ4v) is 9.64. The van der Waals surface area contributed by atoms with E-state index < -0.39 is 11.5 Å². The summed E-state index contributed by atoms with van der Waals surface area (Å²) in [5, 5.41) is 0. The highest BCUT2D eigenvalue weighted by Crippen LogP contribution is 2.68. The highest BCUT2D eigenvalue weighted by Gasteiger charge is 2.65. The Bertz CT molecular complexity index is 1040. The summed E-state index contributed by atoms with van der Waals surface area (Å²) in [6, 6.07) is 0. The molecule has 0 heterocycles. The smallest absolute Gasteiger partial charge is 0.302 e. The summed E-state index contributed by atoms with van der Waals surface area (Å²) in [7, 11) is 0. The van der Waals surface area contributed by atoms with E-state index >= 15 is 0 Å². The van der Waals surface area contributed by atoms with Gasteiger partial charge in [-0.3, -0.25) is 14.4 Å². The van der Waals surface area contributed by atoms with Gasteiger partial charge in [0.25, 0.3) is 0 Å². The second-order valence-corrected chi connectivity index (χ2v) is 14.2. The molecular formula is C34H52O6. The van der Waals surface area contributed by atoms with Gasteiger partial charge in [0.1, 0.15) is 18.3 Å². The van der Waals surface area contributed by atoms with E-state index in [0.717, 1.165) is 25.7 Å². The second kappa shape index (κ2) is 11.6. The number of allylic oxidation sites excluding steroid dienone is 2. The molecule has 0 aromatic carbocycles. The summed E-state index contributed by atoms with van der Waals surface area (Å²) in [4.78, 5) is 36.7. The lowest BCUT2D eigenvalue weighted by Gasteiger charge is -2.61. The van der Waals surface area contributed by atoms with Crippen molar-refractivity contribution in [2.45, 2.75) is 125 Å². The lowest BCUT2D eigenvalue weighted by atomic mass is 9.45. The van der Waals surface area contributed by atoms with Gasteiger partial charge in [-0.15, -0.1) is 0 Å². The Balaban J connectivity index is 1.69. The maximum Gasteiger partial charge on any atom is 0.302 e. The van der Waals surface area contributed by atoms with Crippen LogP contribution in [-0.4, -0.2) is 36.2 Å². The predicted molar refractivity (Wildman–Crippen MR) is 155 cm³/mol. The van der Waals surface area contributed by atoms with Crippen LogP contribution in [0.2, 0.25) is 0 Å². The SMILES string of the molecule is C=C(CC[C@@H](C)[C@H]1CC[C@H]2[C@@H]3CC=C4C[C@@H](OC(C)=O)C[C@H](OC(C)=O)[C@]4(C)[C@H]3[C@H](OC(C)=O)C[C@]12C)C(C)C. The van der Waals surface area contributed by atoms with E-state index in [9.17, 15) is 14.4 Å². The molecule has 0 aromatic heterocycles. The Hall–Kier alpha value is -2.11. The van der Waals surface area contributed by atoms with E-state index in [4.69, 9.17) is 14.2 Å². The average Bonchev–Trinajstić information content (AvgIpc) is 3.18. The zero-order chi connectivity index (χ0) is 29.6. The van der Waals surface area contributed by atoms with Gasteiger partial charge in [0.05, 0.1) is 0 Å². The Labute approximate surface area is 241 Å². The summed E-state index contributed by atoms with van der Waals surface area (Å²) in [6.07, 6.45) is 8.75. The van der Waals surface area contributed by atoms with Gasteiger partial charge in [0, 0.05) is 44.9 Å². The molecule has 0 aliphatic heterocycles. The third-order valence-corrected chi connectivity index (χ3v) is 11.5. The first-order valence-electron chi connectivity index (χ1n) is 15.6. The van der Waals surface area contributed by atoms with Gasteiger partial charge < -0.3 is 14.2 Å². The van der Waals surface area contributed by atoms with Gasteiger partial charge in [0.15, 0.2) is 0 Å². The molecule has 224 valence electrons. The molecule has 6 nitrogen and oxygen atoms in total. The number of carbonyl (C=O) groups is 3. The van der Waals surface area contributed by atoms with Crippen molar-refractivity contribution in [3.63, 3.8) is 0 Å². The van der Waals surface area contributed by atoms with Gasteiger partial charge in [0.2, 0.25) is 0 Å². The standard InChI is InChI=1S/C34H52O6/c1-19(2)20(3)10-11-21(4)28-14-15-29-27-13-12-25-16-26(38-22(5)35)17-31(40-24(7)37)34(25,9)32(27)30(39-23(6)36)18-33(28,29)8/h12,19,21,26-32H,3,10-11,13-18H2,1-2,4-9H3/t21-,26-,27+,28-,29+,30-,31+,32-,33-,34-/m1/s1. The second-order valence-electron chi connectivity index (χ2n) is 14.2. The van der Waals surface area contributed by atoms with Crippen molar-refractivity contribution in [2.24, 2.45) is 46.3 Å². The van der Waals surface area contributed by atoms with Crippen LogP contribution in [0.3, 0.4) is 0 Å². The number of esters is 3. The van der Waals surface area contributed by atoms with E-state index in [1.807, 2.05) is 0 Å². The topological polar surface area (TPSA) is 78.9 Å². The number of hydrogen-bond acceptors (Lipinski definition) is 6. The number of ether oxygens (including phenoxy) is 3. The van der Waals surface area contributed by atoms with Gasteiger partial charge in [-0.25, -0.2) is 0 Å². The Kier molecular flexibility index (Phi) is 8.98. The zero-order valence-corrected chi connectivity index (χ0v) is 26.1. The third kappa shape index (κ3) is 5.66. The fraction of sp³-hybridized carbons (Fsp3) is 0.794. The van der Waals surface area contributed by atoms with Crippen LogP contribution in [0.15, 0.2) is 23.8 Å². The van der Waals surface area contributed by atoms with E-state index in [2.05, 4.69) is 47.3 Å². The van der Waals surface area contributed by atoms with Crippen LogP contribution in [0, 0.1) is 46.3 Å². The molecule has 4 aliphatic carbocycles. The highest BCUT2D eigenvalue weighted by atomic mass is 16.6. The Morgan fingerprint density at radius 1 is 1.00 bits per heavy atom.